The van der Waals surface area contributed by atoms with Crippen LogP contribution in [0.3, 0.4) is 0 Å². The number of amides is 3. The number of rotatable bonds is 7. The number of hydrogen-bond donors (Lipinski definition) is 4. The number of nitrogens with one attached hydrogen (secondary N) is 3. The molecule has 10 nitrogen and oxygen atoms in total. The minimum absolute atomic E-state index is 0.0222. The maximum Gasteiger partial charge on any atom is 0.256 e. The van der Waals surface area contributed by atoms with Gasteiger partial charge in [0, 0.05) is 53.8 Å². The van der Waals surface area contributed by atoms with Crippen molar-refractivity contribution in [2.45, 2.75) is 58.0 Å². The summed E-state index contributed by atoms with van der Waals surface area (Å²) >= 11 is 0. The van der Waals surface area contributed by atoms with E-state index in [4.69, 9.17) is 10.8 Å². The molecule has 1 aliphatic rings. The van der Waals surface area contributed by atoms with E-state index >= 15 is 4.39 Å². The van der Waals surface area contributed by atoms with Gasteiger partial charge in [0.2, 0.25) is 12.3 Å². The van der Waals surface area contributed by atoms with Crippen LogP contribution in [0, 0.1) is 11.6 Å². The van der Waals surface area contributed by atoms with Crippen molar-refractivity contribution in [2.75, 3.05) is 11.1 Å². The molecule has 2 aromatic carbocycles. The zero-order chi connectivity index (χ0) is 34.0. The molecule has 0 aliphatic carbocycles. The lowest BCUT2D eigenvalue weighted by Crippen LogP contribution is -2.33. The number of hydrogen-bond acceptors (Lipinski definition) is 6. The van der Waals surface area contributed by atoms with E-state index in [0.717, 1.165) is 31.2 Å². The molecule has 3 amide bonds. The Kier molecular flexibility index (Phi) is 11.1. The second kappa shape index (κ2) is 15.8. The van der Waals surface area contributed by atoms with Crippen molar-refractivity contribution < 1.29 is 23.2 Å². The lowest BCUT2D eigenvalue weighted by Gasteiger charge is -2.14. The van der Waals surface area contributed by atoms with E-state index in [9.17, 15) is 18.8 Å². The number of carbonyl (C=O) groups is 3. The summed E-state index contributed by atoms with van der Waals surface area (Å²) in [7, 11) is 0. The van der Waals surface area contributed by atoms with E-state index in [2.05, 4.69) is 27.0 Å². The number of anilines is 2. The van der Waals surface area contributed by atoms with Crippen LogP contribution in [0.15, 0.2) is 73.1 Å². The minimum atomic E-state index is -0.648. The SMILES string of the molecule is CC1CCn2nc(-c3ccc(NC(=O)/C(=C/C=C\NC=O)c4ccc(F)cc4)cc3F)c3c(N)ncc(c32)/C=C/CCCCCC(=O)N1. The number of aromatic nitrogens is 3. The van der Waals surface area contributed by atoms with Crippen molar-refractivity contribution in [3.63, 3.8) is 0 Å². The molecule has 12 heteroatoms. The smallest absolute Gasteiger partial charge is 0.256 e. The number of pyridine rings is 1. The normalized spacial score (nSPS) is 16.9. The fraction of sp³-hybridized carbons (Fsp3) is 0.250. The Balaban J connectivity index is 1.49. The van der Waals surface area contributed by atoms with Gasteiger partial charge in [-0.1, -0.05) is 30.7 Å². The van der Waals surface area contributed by atoms with Crippen molar-refractivity contribution in [1.29, 1.82) is 0 Å². The molecular formula is C36H37F2N7O3. The quantitative estimate of drug-likeness (QED) is 0.108. The molecule has 1 unspecified atom stereocenters. The first-order valence-electron chi connectivity index (χ1n) is 15.8. The van der Waals surface area contributed by atoms with Crippen molar-refractivity contribution in [3.8, 4) is 11.3 Å². The molecule has 1 aliphatic heterocycles. The lowest BCUT2D eigenvalue weighted by atomic mass is 10.0. The number of aryl methyl sites for hydroxylation is 1. The fourth-order valence-electron chi connectivity index (χ4n) is 5.56. The number of allylic oxidation sites excluding steroid dienone is 3. The van der Waals surface area contributed by atoms with Gasteiger partial charge in [0.15, 0.2) is 0 Å². The molecule has 5 rings (SSSR count). The monoisotopic (exact) mass is 653 g/mol. The molecule has 0 radical (unpaired) electrons. The molecule has 1 atom stereocenters. The summed E-state index contributed by atoms with van der Waals surface area (Å²) in [6.45, 7) is 2.38. The number of carbonyl (C=O) groups excluding carboxylic acids is 3. The zero-order valence-electron chi connectivity index (χ0n) is 26.5. The molecule has 48 heavy (non-hydrogen) atoms. The molecule has 4 aromatic rings. The Bertz CT molecular complexity index is 1900. The van der Waals surface area contributed by atoms with E-state index in [0.29, 0.717) is 48.0 Å². The second-order valence-electron chi connectivity index (χ2n) is 11.5. The van der Waals surface area contributed by atoms with Gasteiger partial charge in [-0.2, -0.15) is 5.10 Å². The van der Waals surface area contributed by atoms with Crippen LogP contribution in [-0.4, -0.2) is 39.0 Å². The number of benzene rings is 2. The molecule has 3 heterocycles. The maximum atomic E-state index is 15.9. The first-order valence-corrected chi connectivity index (χ1v) is 15.8. The first-order chi connectivity index (χ1) is 23.2. The Morgan fingerprint density at radius 2 is 1.94 bits per heavy atom. The number of nitrogens with zero attached hydrogens (tertiary/aromatic N) is 3. The van der Waals surface area contributed by atoms with Crippen molar-refractivity contribution >= 4 is 52.3 Å². The summed E-state index contributed by atoms with van der Waals surface area (Å²) < 4.78 is 31.3. The molecule has 5 N–H and O–H groups in total. The maximum absolute atomic E-state index is 15.9. The number of nitrogen functional groups attached to an aromatic ring is 1. The highest BCUT2D eigenvalue weighted by Crippen LogP contribution is 2.36. The third kappa shape index (κ3) is 8.19. The van der Waals surface area contributed by atoms with Gasteiger partial charge in [0.25, 0.3) is 5.91 Å². The molecule has 0 fully saturated rings. The van der Waals surface area contributed by atoms with Gasteiger partial charge in [-0.3, -0.25) is 19.1 Å². The lowest BCUT2D eigenvalue weighted by molar-refractivity contribution is -0.122. The Morgan fingerprint density at radius 3 is 2.71 bits per heavy atom. The predicted molar refractivity (Wildman–Crippen MR) is 183 cm³/mol. The number of halogens is 2. The van der Waals surface area contributed by atoms with Crippen LogP contribution >= 0.6 is 0 Å². The first kappa shape index (κ1) is 33.7. The van der Waals surface area contributed by atoms with Crippen molar-refractivity contribution in [2.24, 2.45) is 0 Å². The van der Waals surface area contributed by atoms with Crippen LogP contribution in [0.2, 0.25) is 0 Å². The molecule has 0 saturated heterocycles. The van der Waals surface area contributed by atoms with Crippen LogP contribution in [0.25, 0.3) is 33.8 Å². The van der Waals surface area contributed by atoms with Crippen molar-refractivity contribution in [1.82, 2.24) is 25.4 Å². The molecule has 2 aromatic heterocycles. The van der Waals surface area contributed by atoms with Crippen LogP contribution in [0.5, 0.6) is 0 Å². The highest BCUT2D eigenvalue weighted by molar-refractivity contribution is 6.25. The summed E-state index contributed by atoms with van der Waals surface area (Å²) in [5, 5.41) is 13.4. The van der Waals surface area contributed by atoms with E-state index < -0.39 is 17.5 Å². The Hall–Kier alpha value is -5.65. The van der Waals surface area contributed by atoms with Gasteiger partial charge in [-0.05, 0) is 80.7 Å². The summed E-state index contributed by atoms with van der Waals surface area (Å²) in [5.74, 6) is -1.47. The molecule has 0 bridgehead atoms. The largest absolute Gasteiger partial charge is 0.383 e. The summed E-state index contributed by atoms with van der Waals surface area (Å²) in [4.78, 5) is 40.7. The minimum Gasteiger partial charge on any atom is -0.383 e. The Labute approximate surface area is 276 Å². The molecular weight excluding hydrogens is 616 g/mol. The highest BCUT2D eigenvalue weighted by atomic mass is 19.1. The van der Waals surface area contributed by atoms with Gasteiger partial charge < -0.3 is 21.7 Å². The van der Waals surface area contributed by atoms with Crippen LogP contribution < -0.4 is 21.7 Å². The fourth-order valence-corrected chi connectivity index (χ4v) is 5.56. The average Bonchev–Trinajstić information content (AvgIpc) is 3.44. The highest BCUT2D eigenvalue weighted by Gasteiger charge is 2.22. The van der Waals surface area contributed by atoms with E-state index in [1.165, 1.54) is 54.8 Å². The summed E-state index contributed by atoms with van der Waals surface area (Å²) in [6.07, 6.45) is 15.1. The third-order valence-electron chi connectivity index (χ3n) is 7.98. The standard InChI is InChI=1S/C36H37F2N7O3/c1-23-17-19-45-34-25(8-5-3-2-4-6-10-31(47)42-23)21-41-35(39)32(34)33(44-45)29-16-15-27(20-30(29)38)43-36(48)28(9-7-18-40-22-46)24-11-13-26(37)14-12-24/h5,7-9,11-16,18,20-23H,2-4,6,10,17,19H2,1H3,(H2,39,41)(H,40,46)(H,42,47)(H,43,48)/b8-5+,18-7-,28-9+. The molecule has 0 saturated carbocycles. The van der Waals surface area contributed by atoms with Gasteiger partial charge >= 0.3 is 0 Å². The van der Waals surface area contributed by atoms with E-state index in [1.807, 2.05) is 13.0 Å². The topological polar surface area (TPSA) is 144 Å². The summed E-state index contributed by atoms with van der Waals surface area (Å²) in [5.41, 5.74) is 9.13. The van der Waals surface area contributed by atoms with Crippen molar-refractivity contribution in [3.05, 3.63) is 95.9 Å². The average molecular weight is 654 g/mol. The van der Waals surface area contributed by atoms with Crippen LogP contribution in [0.4, 0.5) is 20.3 Å². The number of nitrogens with two attached hydrogens (primary N) is 1. The Morgan fingerprint density at radius 1 is 1.12 bits per heavy atom. The zero-order valence-corrected chi connectivity index (χ0v) is 26.5. The van der Waals surface area contributed by atoms with Crippen LogP contribution in [-0.2, 0) is 20.9 Å². The summed E-state index contributed by atoms with van der Waals surface area (Å²) in [6, 6.07) is 9.48. The predicted octanol–water partition coefficient (Wildman–Crippen LogP) is 6.11. The van der Waals surface area contributed by atoms with E-state index in [1.54, 1.807) is 16.9 Å². The van der Waals surface area contributed by atoms with Crippen LogP contribution in [0.1, 0.15) is 56.6 Å². The van der Waals surface area contributed by atoms with Gasteiger partial charge in [0.1, 0.15) is 23.1 Å². The molecule has 248 valence electrons. The van der Waals surface area contributed by atoms with Gasteiger partial charge in [0.05, 0.1) is 10.9 Å². The van der Waals surface area contributed by atoms with Gasteiger partial charge in [-0.25, -0.2) is 13.8 Å². The second-order valence-corrected chi connectivity index (χ2v) is 11.5. The van der Waals surface area contributed by atoms with E-state index in [-0.39, 0.29) is 34.6 Å². The van der Waals surface area contributed by atoms with Gasteiger partial charge in [-0.15, -0.1) is 0 Å². The molecule has 0 spiro atoms. The third-order valence-corrected chi connectivity index (χ3v) is 7.98.